The van der Waals surface area contributed by atoms with E-state index in [1.165, 1.54) is 16.6 Å². The standard InChI is InChI=1S/C14H23N5O3S/c1-14(2,3)22-13(21)18-9-7-17(8-10-18)12(20)19-6-5-11(15-19)16-23-4/h5-6H,7-10H2,1-4H3,(H,15,16). The molecule has 8 nitrogen and oxygen atoms in total. The number of nitrogens with one attached hydrogen (secondary N) is 1. The van der Waals surface area contributed by atoms with Gasteiger partial charge in [-0.05, 0) is 20.8 Å². The van der Waals surface area contributed by atoms with Crippen LogP contribution in [0.1, 0.15) is 20.8 Å². The van der Waals surface area contributed by atoms with Gasteiger partial charge in [-0.3, -0.25) is 0 Å². The molecule has 1 aromatic rings. The molecule has 1 N–H and O–H groups in total. The fourth-order valence-corrected chi connectivity index (χ4v) is 2.46. The number of carbonyl (C=O) groups excluding carboxylic acids is 2. The molecule has 0 bridgehead atoms. The number of nitrogens with zero attached hydrogens (tertiary/aromatic N) is 4. The Morgan fingerprint density at radius 1 is 1.22 bits per heavy atom. The first-order valence-corrected chi connectivity index (χ1v) is 8.64. The summed E-state index contributed by atoms with van der Waals surface area (Å²) in [6, 6.07) is 1.55. The van der Waals surface area contributed by atoms with Crippen LogP contribution < -0.4 is 4.72 Å². The highest BCUT2D eigenvalue weighted by Gasteiger charge is 2.28. The van der Waals surface area contributed by atoms with E-state index in [4.69, 9.17) is 4.74 Å². The Kier molecular flexibility index (Phi) is 5.40. The predicted molar refractivity (Wildman–Crippen MR) is 89.5 cm³/mol. The van der Waals surface area contributed by atoms with Gasteiger partial charge in [-0.15, -0.1) is 5.10 Å². The topological polar surface area (TPSA) is 79.7 Å². The highest BCUT2D eigenvalue weighted by atomic mass is 32.2. The molecular formula is C14H23N5O3S. The van der Waals surface area contributed by atoms with Crippen LogP contribution >= 0.6 is 11.9 Å². The number of piperazine rings is 1. The Hall–Kier alpha value is -1.90. The molecule has 0 unspecified atom stereocenters. The van der Waals surface area contributed by atoms with Gasteiger partial charge >= 0.3 is 12.1 Å². The highest BCUT2D eigenvalue weighted by molar-refractivity contribution is 7.99. The van der Waals surface area contributed by atoms with Gasteiger partial charge in [0, 0.05) is 44.7 Å². The molecule has 2 heterocycles. The molecule has 0 aliphatic carbocycles. The van der Waals surface area contributed by atoms with E-state index in [9.17, 15) is 9.59 Å². The lowest BCUT2D eigenvalue weighted by Gasteiger charge is -2.35. The van der Waals surface area contributed by atoms with Gasteiger partial charge in [-0.1, -0.05) is 11.9 Å². The number of hydrogen-bond acceptors (Lipinski definition) is 6. The Labute approximate surface area is 140 Å². The summed E-state index contributed by atoms with van der Waals surface area (Å²) in [6.45, 7) is 7.34. The monoisotopic (exact) mass is 341 g/mol. The van der Waals surface area contributed by atoms with Crippen LogP contribution in [0.4, 0.5) is 15.4 Å². The number of anilines is 1. The molecule has 1 aromatic heterocycles. The molecule has 23 heavy (non-hydrogen) atoms. The number of carbonyl (C=O) groups is 2. The number of ether oxygens (including phenoxy) is 1. The molecule has 0 radical (unpaired) electrons. The highest BCUT2D eigenvalue weighted by Crippen LogP contribution is 2.13. The van der Waals surface area contributed by atoms with Gasteiger partial charge in [0.25, 0.3) is 0 Å². The average Bonchev–Trinajstić information content (AvgIpc) is 2.94. The van der Waals surface area contributed by atoms with Crippen LogP contribution in [-0.2, 0) is 4.74 Å². The zero-order valence-corrected chi connectivity index (χ0v) is 14.7. The largest absolute Gasteiger partial charge is 0.444 e. The average molecular weight is 341 g/mol. The summed E-state index contributed by atoms with van der Waals surface area (Å²) in [4.78, 5) is 27.7. The summed E-state index contributed by atoms with van der Waals surface area (Å²) < 4.78 is 9.62. The summed E-state index contributed by atoms with van der Waals surface area (Å²) in [7, 11) is 0. The Balaban J connectivity index is 1.88. The first-order valence-electron chi connectivity index (χ1n) is 7.42. The van der Waals surface area contributed by atoms with E-state index in [-0.39, 0.29) is 12.1 Å². The molecule has 2 amide bonds. The summed E-state index contributed by atoms with van der Waals surface area (Å²) in [5, 5.41) is 4.17. The van der Waals surface area contributed by atoms with E-state index in [2.05, 4.69) is 9.82 Å². The van der Waals surface area contributed by atoms with Crippen LogP contribution in [0.3, 0.4) is 0 Å². The smallest absolute Gasteiger partial charge is 0.410 e. The maximum Gasteiger partial charge on any atom is 0.410 e. The molecule has 2 rings (SSSR count). The van der Waals surface area contributed by atoms with E-state index in [0.29, 0.717) is 32.0 Å². The van der Waals surface area contributed by atoms with Crippen molar-refractivity contribution in [2.75, 3.05) is 37.2 Å². The van der Waals surface area contributed by atoms with E-state index in [1.807, 2.05) is 27.0 Å². The second kappa shape index (κ2) is 7.12. The molecular weight excluding hydrogens is 318 g/mol. The predicted octanol–water partition coefficient (Wildman–Crippen LogP) is 2.09. The quantitative estimate of drug-likeness (QED) is 0.830. The van der Waals surface area contributed by atoms with Crippen LogP contribution in [0.15, 0.2) is 12.3 Å². The molecule has 0 aromatic carbocycles. The van der Waals surface area contributed by atoms with Crippen LogP contribution in [0, 0.1) is 0 Å². The lowest BCUT2D eigenvalue weighted by atomic mass is 10.2. The first-order chi connectivity index (χ1) is 10.8. The van der Waals surface area contributed by atoms with Gasteiger partial charge in [0.1, 0.15) is 5.60 Å². The molecule has 128 valence electrons. The van der Waals surface area contributed by atoms with Gasteiger partial charge in [-0.25, -0.2) is 9.59 Å². The van der Waals surface area contributed by atoms with Crippen LogP contribution in [0.25, 0.3) is 0 Å². The second-order valence-corrected chi connectivity index (χ2v) is 6.80. The number of aromatic nitrogens is 2. The molecule has 9 heteroatoms. The van der Waals surface area contributed by atoms with Crippen molar-refractivity contribution < 1.29 is 14.3 Å². The summed E-state index contributed by atoms with van der Waals surface area (Å²) in [5.74, 6) is 0.637. The lowest BCUT2D eigenvalue weighted by Crippen LogP contribution is -2.52. The molecule has 1 saturated heterocycles. The normalized spacial score (nSPS) is 15.5. The summed E-state index contributed by atoms with van der Waals surface area (Å²) in [5.41, 5.74) is -0.514. The number of rotatable bonds is 2. The first kappa shape index (κ1) is 17.5. The van der Waals surface area contributed by atoms with E-state index in [1.54, 1.807) is 22.1 Å². The van der Waals surface area contributed by atoms with Crippen molar-refractivity contribution in [3.63, 3.8) is 0 Å². The van der Waals surface area contributed by atoms with Crippen molar-refractivity contribution in [3.8, 4) is 0 Å². The fraction of sp³-hybridized carbons (Fsp3) is 0.643. The molecule has 1 aliphatic heterocycles. The van der Waals surface area contributed by atoms with Gasteiger partial charge in [0.2, 0.25) is 0 Å². The van der Waals surface area contributed by atoms with Gasteiger partial charge in [0.15, 0.2) is 5.82 Å². The Morgan fingerprint density at radius 3 is 2.39 bits per heavy atom. The maximum absolute atomic E-state index is 12.4. The van der Waals surface area contributed by atoms with E-state index < -0.39 is 5.60 Å². The van der Waals surface area contributed by atoms with Crippen LogP contribution in [0.2, 0.25) is 0 Å². The molecule has 0 saturated carbocycles. The molecule has 1 fully saturated rings. The Morgan fingerprint density at radius 2 is 1.83 bits per heavy atom. The van der Waals surface area contributed by atoms with Crippen LogP contribution in [0.5, 0.6) is 0 Å². The van der Waals surface area contributed by atoms with Crippen molar-refractivity contribution >= 4 is 29.9 Å². The minimum Gasteiger partial charge on any atom is -0.444 e. The minimum absolute atomic E-state index is 0.192. The van der Waals surface area contributed by atoms with E-state index >= 15 is 0 Å². The zero-order chi connectivity index (χ0) is 17.0. The third-order valence-electron chi connectivity index (χ3n) is 3.19. The second-order valence-electron chi connectivity index (χ2n) is 6.19. The molecule has 0 spiro atoms. The number of hydrogen-bond donors (Lipinski definition) is 1. The minimum atomic E-state index is -0.514. The van der Waals surface area contributed by atoms with E-state index in [0.717, 1.165) is 0 Å². The SMILES string of the molecule is CSNc1ccn(C(=O)N2CCN(C(=O)OC(C)(C)C)CC2)n1. The lowest BCUT2D eigenvalue weighted by molar-refractivity contribution is 0.0169. The summed E-state index contributed by atoms with van der Waals surface area (Å²) in [6.07, 6.45) is 3.17. The Bertz CT molecular complexity index is 561. The van der Waals surface area contributed by atoms with Crippen molar-refractivity contribution in [1.82, 2.24) is 19.6 Å². The van der Waals surface area contributed by atoms with Crippen molar-refractivity contribution in [2.24, 2.45) is 0 Å². The third kappa shape index (κ3) is 4.78. The van der Waals surface area contributed by atoms with Crippen molar-refractivity contribution in [2.45, 2.75) is 26.4 Å². The molecule has 1 aliphatic rings. The van der Waals surface area contributed by atoms with Crippen molar-refractivity contribution in [3.05, 3.63) is 12.3 Å². The van der Waals surface area contributed by atoms with Crippen molar-refractivity contribution in [1.29, 1.82) is 0 Å². The number of amides is 2. The third-order valence-corrected chi connectivity index (χ3v) is 3.61. The zero-order valence-electron chi connectivity index (χ0n) is 13.9. The fourth-order valence-electron chi connectivity index (χ4n) is 2.14. The molecule has 0 atom stereocenters. The maximum atomic E-state index is 12.4. The summed E-state index contributed by atoms with van der Waals surface area (Å²) >= 11 is 1.41. The van der Waals surface area contributed by atoms with Gasteiger partial charge in [0.05, 0.1) is 0 Å². The van der Waals surface area contributed by atoms with Crippen LogP contribution in [-0.4, -0.2) is 69.7 Å². The van der Waals surface area contributed by atoms with Gasteiger partial charge < -0.3 is 19.3 Å². The van der Waals surface area contributed by atoms with Gasteiger partial charge in [-0.2, -0.15) is 4.68 Å².